The Morgan fingerprint density at radius 2 is 2.03 bits per heavy atom. The van der Waals surface area contributed by atoms with Crippen LogP contribution in [-0.2, 0) is 22.5 Å². The Hall–Kier alpha value is -2.88. The number of nitrogens with two attached hydrogens (primary N) is 1. The van der Waals surface area contributed by atoms with Crippen molar-refractivity contribution in [2.45, 2.75) is 50.7 Å². The number of carbonyl (C=O) groups is 1. The molecule has 0 aliphatic heterocycles. The van der Waals surface area contributed by atoms with Crippen molar-refractivity contribution in [2.75, 3.05) is 30.0 Å². The molecule has 2 N–H and O–H groups in total. The molecule has 1 aliphatic rings. The molecule has 32 heavy (non-hydrogen) atoms. The zero-order chi connectivity index (χ0) is 23.1. The maximum Gasteiger partial charge on any atom is 0.353 e. The number of ether oxygens (including phenoxy) is 1. The lowest BCUT2D eigenvalue weighted by atomic mass is 9.97. The van der Waals surface area contributed by atoms with Gasteiger partial charge in [0.2, 0.25) is 11.6 Å². The first kappa shape index (κ1) is 23.8. The van der Waals surface area contributed by atoms with Crippen molar-refractivity contribution in [2.24, 2.45) is 5.92 Å². The van der Waals surface area contributed by atoms with E-state index in [1.54, 1.807) is 18.1 Å². The second-order valence-electron chi connectivity index (χ2n) is 7.86. The molecule has 0 bridgehead atoms. The summed E-state index contributed by atoms with van der Waals surface area (Å²) in [6, 6.07) is 8.14. The zero-order valence-corrected chi connectivity index (χ0v) is 19.3. The van der Waals surface area contributed by atoms with Crippen molar-refractivity contribution < 1.29 is 14.5 Å². The van der Waals surface area contributed by atoms with E-state index in [2.05, 4.69) is 22.1 Å². The van der Waals surface area contributed by atoms with Crippen LogP contribution in [0, 0.1) is 16.0 Å². The van der Waals surface area contributed by atoms with Gasteiger partial charge in [-0.15, -0.1) is 0 Å². The van der Waals surface area contributed by atoms with E-state index in [1.165, 1.54) is 43.0 Å². The summed E-state index contributed by atoms with van der Waals surface area (Å²) in [6.07, 6.45) is 7.85. The summed E-state index contributed by atoms with van der Waals surface area (Å²) in [6.45, 7) is 1.99. The molecule has 10 heteroatoms. The average molecular weight is 460 g/mol. The Bertz CT molecular complexity index is 965. The van der Waals surface area contributed by atoms with Crippen molar-refractivity contribution in [3.05, 3.63) is 45.5 Å². The maximum atomic E-state index is 12.3. The summed E-state index contributed by atoms with van der Waals surface area (Å²) < 4.78 is 5.10. The highest BCUT2D eigenvalue weighted by Gasteiger charge is 2.29. The number of hydrogen-bond donors (Lipinski definition) is 1. The molecule has 3 rings (SSSR count). The number of benzene rings is 1. The van der Waals surface area contributed by atoms with Gasteiger partial charge in [-0.1, -0.05) is 61.7 Å². The van der Waals surface area contributed by atoms with Gasteiger partial charge >= 0.3 is 11.7 Å². The minimum absolute atomic E-state index is 0.0149. The number of nitrogen functional groups attached to an aromatic ring is 1. The standard InChI is InChI=1S/C22H29N5O4S/c1-3-31-18(28)14-26(21-19(27(29)30)20(23)24-22(25-21)32-2)13-17-10-6-9-16(12-17)11-15-7-4-5-8-15/h6,9-10,12,15H,3-5,7-8,11,13-14H2,1-2H3,(H2,23,24,25). The van der Waals surface area contributed by atoms with Gasteiger partial charge in [-0.05, 0) is 36.6 Å². The number of esters is 1. The second-order valence-corrected chi connectivity index (χ2v) is 8.63. The molecule has 0 spiro atoms. The van der Waals surface area contributed by atoms with E-state index in [1.807, 2.05) is 12.1 Å². The molecule has 0 atom stereocenters. The molecule has 2 aromatic rings. The van der Waals surface area contributed by atoms with Gasteiger partial charge in [0.25, 0.3) is 0 Å². The smallest absolute Gasteiger partial charge is 0.353 e. The van der Waals surface area contributed by atoms with Gasteiger partial charge in [-0.25, -0.2) is 0 Å². The third-order valence-corrected chi connectivity index (χ3v) is 6.07. The summed E-state index contributed by atoms with van der Waals surface area (Å²) in [5.74, 6) is -0.00569. The molecule has 1 aliphatic carbocycles. The van der Waals surface area contributed by atoms with Crippen LogP contribution in [0.3, 0.4) is 0 Å². The fourth-order valence-corrected chi connectivity index (χ4v) is 4.48. The van der Waals surface area contributed by atoms with E-state index in [-0.39, 0.29) is 31.3 Å². The average Bonchev–Trinajstić information content (AvgIpc) is 3.25. The fourth-order valence-electron chi connectivity index (χ4n) is 4.12. The number of nitro groups is 1. The molecule has 0 radical (unpaired) electrons. The van der Waals surface area contributed by atoms with E-state index in [4.69, 9.17) is 10.5 Å². The summed E-state index contributed by atoms with van der Waals surface area (Å²) in [4.78, 5) is 33.3. The van der Waals surface area contributed by atoms with Crippen molar-refractivity contribution >= 4 is 35.1 Å². The van der Waals surface area contributed by atoms with E-state index >= 15 is 0 Å². The van der Waals surface area contributed by atoms with E-state index in [9.17, 15) is 14.9 Å². The predicted molar refractivity (Wildman–Crippen MR) is 125 cm³/mol. The summed E-state index contributed by atoms with van der Waals surface area (Å²) >= 11 is 1.22. The Morgan fingerprint density at radius 1 is 1.31 bits per heavy atom. The molecule has 9 nitrogen and oxygen atoms in total. The van der Waals surface area contributed by atoms with E-state index in [0.29, 0.717) is 11.1 Å². The summed E-state index contributed by atoms with van der Waals surface area (Å²) in [5.41, 5.74) is 7.64. The van der Waals surface area contributed by atoms with Gasteiger partial charge in [-0.3, -0.25) is 14.9 Å². The Labute approximate surface area is 191 Å². The van der Waals surface area contributed by atoms with Crippen LogP contribution < -0.4 is 10.6 Å². The lowest BCUT2D eigenvalue weighted by Gasteiger charge is -2.23. The van der Waals surface area contributed by atoms with Crippen molar-refractivity contribution in [1.29, 1.82) is 0 Å². The fraction of sp³-hybridized carbons (Fsp3) is 0.500. The van der Waals surface area contributed by atoms with E-state index < -0.39 is 16.6 Å². The van der Waals surface area contributed by atoms with Crippen LogP contribution in [0.5, 0.6) is 0 Å². The van der Waals surface area contributed by atoms with Gasteiger partial charge in [0, 0.05) is 6.54 Å². The quantitative estimate of drug-likeness (QED) is 0.184. The van der Waals surface area contributed by atoms with Crippen LogP contribution >= 0.6 is 11.8 Å². The van der Waals surface area contributed by atoms with Gasteiger partial charge in [0.15, 0.2) is 5.16 Å². The number of rotatable bonds is 10. The van der Waals surface area contributed by atoms with Crippen LogP contribution in [0.15, 0.2) is 29.4 Å². The number of hydrogen-bond acceptors (Lipinski definition) is 9. The molecule has 1 saturated carbocycles. The third-order valence-electron chi connectivity index (χ3n) is 5.53. The lowest BCUT2D eigenvalue weighted by molar-refractivity contribution is -0.383. The number of thioether (sulfide) groups is 1. The number of aromatic nitrogens is 2. The molecular formula is C22H29N5O4S. The van der Waals surface area contributed by atoms with Gasteiger partial charge in [-0.2, -0.15) is 9.97 Å². The van der Waals surface area contributed by atoms with Crippen LogP contribution in [-0.4, -0.2) is 40.3 Å². The molecule has 1 aromatic carbocycles. The second kappa shape index (κ2) is 11.1. The maximum absolute atomic E-state index is 12.3. The first-order valence-corrected chi connectivity index (χ1v) is 12.0. The monoisotopic (exact) mass is 459 g/mol. The van der Waals surface area contributed by atoms with Crippen LogP contribution in [0.4, 0.5) is 17.3 Å². The highest BCUT2D eigenvalue weighted by atomic mass is 32.2. The molecule has 0 unspecified atom stereocenters. The number of anilines is 2. The van der Waals surface area contributed by atoms with Crippen LogP contribution in [0.1, 0.15) is 43.7 Å². The third kappa shape index (κ3) is 6.09. The molecule has 172 valence electrons. The topological polar surface area (TPSA) is 124 Å². The first-order valence-electron chi connectivity index (χ1n) is 10.8. The zero-order valence-electron chi connectivity index (χ0n) is 18.5. The van der Waals surface area contributed by atoms with Gasteiger partial charge < -0.3 is 15.4 Å². The number of nitrogens with zero attached hydrogens (tertiary/aromatic N) is 4. The van der Waals surface area contributed by atoms with Crippen molar-refractivity contribution in [3.63, 3.8) is 0 Å². The van der Waals surface area contributed by atoms with Gasteiger partial charge in [0.1, 0.15) is 6.54 Å². The minimum Gasteiger partial charge on any atom is -0.465 e. The Kier molecular flexibility index (Phi) is 8.26. The summed E-state index contributed by atoms with van der Waals surface area (Å²) in [5, 5.41) is 12.1. The normalized spacial score (nSPS) is 13.8. The van der Waals surface area contributed by atoms with Crippen LogP contribution in [0.2, 0.25) is 0 Å². The lowest BCUT2D eigenvalue weighted by Crippen LogP contribution is -2.32. The van der Waals surface area contributed by atoms with Gasteiger partial charge in [0.05, 0.1) is 11.5 Å². The minimum atomic E-state index is -0.608. The molecule has 0 amide bonds. The SMILES string of the molecule is CCOC(=O)CN(Cc1cccc(CC2CCCC2)c1)c1nc(SC)nc(N)c1[N+](=O)[O-]. The predicted octanol–water partition coefficient (Wildman–Crippen LogP) is 3.99. The molecule has 1 aromatic heterocycles. The number of carbonyl (C=O) groups excluding carboxylic acids is 1. The molecule has 1 heterocycles. The van der Waals surface area contributed by atoms with Crippen molar-refractivity contribution in [3.8, 4) is 0 Å². The molecular weight excluding hydrogens is 430 g/mol. The first-order chi connectivity index (χ1) is 15.4. The molecule has 1 fully saturated rings. The van der Waals surface area contributed by atoms with Crippen LogP contribution in [0.25, 0.3) is 0 Å². The van der Waals surface area contributed by atoms with Crippen molar-refractivity contribution in [1.82, 2.24) is 9.97 Å². The van der Waals surface area contributed by atoms with E-state index in [0.717, 1.165) is 12.0 Å². The Morgan fingerprint density at radius 3 is 2.69 bits per heavy atom. The summed E-state index contributed by atoms with van der Waals surface area (Å²) in [7, 11) is 0. The Balaban J connectivity index is 1.94. The largest absolute Gasteiger partial charge is 0.465 e. The highest BCUT2D eigenvalue weighted by Crippen LogP contribution is 2.34. The molecule has 0 saturated heterocycles. The highest BCUT2D eigenvalue weighted by molar-refractivity contribution is 7.98.